The van der Waals surface area contributed by atoms with E-state index in [1.54, 1.807) is 4.68 Å². The molecule has 1 fully saturated rings. The van der Waals surface area contributed by atoms with Crippen molar-refractivity contribution in [2.24, 2.45) is 0 Å². The molecule has 1 atom stereocenters. The Morgan fingerprint density at radius 2 is 2.17 bits per heavy atom. The minimum atomic E-state index is 0.114. The van der Waals surface area contributed by atoms with Gasteiger partial charge in [0.05, 0.1) is 30.5 Å². The molecule has 5 nitrogen and oxygen atoms in total. The fourth-order valence-electron chi connectivity index (χ4n) is 3.27. The first kappa shape index (κ1) is 15.7. The first-order valence-electron chi connectivity index (χ1n) is 8.14. The van der Waals surface area contributed by atoms with Gasteiger partial charge in [0, 0.05) is 25.2 Å². The van der Waals surface area contributed by atoms with E-state index in [-0.39, 0.29) is 6.61 Å². The number of aliphatic hydroxyl groups is 1. The van der Waals surface area contributed by atoms with Crippen molar-refractivity contribution >= 4 is 0 Å². The van der Waals surface area contributed by atoms with Crippen LogP contribution in [0.2, 0.25) is 0 Å². The molecule has 1 aliphatic rings. The molecule has 0 unspecified atom stereocenters. The summed E-state index contributed by atoms with van der Waals surface area (Å²) in [5, 5.41) is 22.8. The molecule has 0 bridgehead atoms. The van der Waals surface area contributed by atoms with Gasteiger partial charge in [0.1, 0.15) is 0 Å². The standard InChI is InChI=1S/C18H22N4O/c19-12-15-4-1-2-5-16(15)13-21-8-3-6-17(14-21)18-7-9-22(20-18)10-11-23/h1-2,4-5,7,9,17,23H,3,6,8,10-11,13-14H2/t17-/m0/s1. The summed E-state index contributed by atoms with van der Waals surface area (Å²) in [7, 11) is 0. The molecule has 5 heteroatoms. The highest BCUT2D eigenvalue weighted by Crippen LogP contribution is 2.27. The van der Waals surface area contributed by atoms with Crippen molar-refractivity contribution in [3.05, 3.63) is 53.3 Å². The van der Waals surface area contributed by atoms with Crippen LogP contribution in [0.25, 0.3) is 0 Å². The highest BCUT2D eigenvalue weighted by atomic mass is 16.3. The Labute approximate surface area is 136 Å². The smallest absolute Gasteiger partial charge is 0.0995 e. The molecule has 0 spiro atoms. The van der Waals surface area contributed by atoms with Gasteiger partial charge in [-0.1, -0.05) is 18.2 Å². The molecule has 0 saturated carbocycles. The Morgan fingerprint density at radius 1 is 1.30 bits per heavy atom. The number of nitrogens with zero attached hydrogens (tertiary/aromatic N) is 4. The Balaban J connectivity index is 1.67. The van der Waals surface area contributed by atoms with E-state index in [1.165, 1.54) is 0 Å². The van der Waals surface area contributed by atoms with E-state index in [4.69, 9.17) is 5.11 Å². The van der Waals surface area contributed by atoms with E-state index in [0.717, 1.165) is 49.3 Å². The maximum absolute atomic E-state index is 9.23. The fourth-order valence-corrected chi connectivity index (χ4v) is 3.27. The van der Waals surface area contributed by atoms with Crippen LogP contribution in [0, 0.1) is 11.3 Å². The molecule has 3 rings (SSSR count). The number of rotatable bonds is 5. The highest BCUT2D eigenvalue weighted by Gasteiger charge is 2.23. The van der Waals surface area contributed by atoms with Gasteiger partial charge in [-0.15, -0.1) is 0 Å². The highest BCUT2D eigenvalue weighted by molar-refractivity contribution is 5.37. The summed E-state index contributed by atoms with van der Waals surface area (Å²) in [5.41, 5.74) is 2.97. The van der Waals surface area contributed by atoms with Gasteiger partial charge in [0.15, 0.2) is 0 Å². The molecule has 120 valence electrons. The van der Waals surface area contributed by atoms with Gasteiger partial charge < -0.3 is 5.11 Å². The molecule has 23 heavy (non-hydrogen) atoms. The van der Waals surface area contributed by atoms with Gasteiger partial charge >= 0.3 is 0 Å². The van der Waals surface area contributed by atoms with E-state index >= 15 is 0 Å². The Kier molecular flexibility index (Phi) is 5.06. The molecule has 1 aliphatic heterocycles. The van der Waals surface area contributed by atoms with Crippen LogP contribution in [0.15, 0.2) is 36.5 Å². The lowest BCUT2D eigenvalue weighted by Crippen LogP contribution is -2.34. The van der Waals surface area contributed by atoms with Gasteiger partial charge in [-0.2, -0.15) is 10.4 Å². The summed E-state index contributed by atoms with van der Waals surface area (Å²) in [6, 6.07) is 12.2. The molecular weight excluding hydrogens is 288 g/mol. The molecule has 1 saturated heterocycles. The van der Waals surface area contributed by atoms with Crippen molar-refractivity contribution in [3.8, 4) is 6.07 Å². The van der Waals surface area contributed by atoms with Crippen LogP contribution in [0.3, 0.4) is 0 Å². The number of benzene rings is 1. The van der Waals surface area contributed by atoms with Crippen LogP contribution < -0.4 is 0 Å². The number of piperidine rings is 1. The van der Waals surface area contributed by atoms with Gasteiger partial charge in [0.25, 0.3) is 0 Å². The molecule has 1 N–H and O–H groups in total. The average Bonchev–Trinajstić information content (AvgIpc) is 3.05. The largest absolute Gasteiger partial charge is 0.394 e. The van der Waals surface area contributed by atoms with E-state index in [0.29, 0.717) is 12.5 Å². The Hall–Kier alpha value is -2.16. The van der Waals surface area contributed by atoms with Crippen LogP contribution in [-0.4, -0.2) is 39.5 Å². The summed E-state index contributed by atoms with van der Waals surface area (Å²) in [5.74, 6) is 0.429. The molecule has 0 amide bonds. The van der Waals surface area contributed by atoms with Crippen molar-refractivity contribution in [3.63, 3.8) is 0 Å². The lowest BCUT2D eigenvalue weighted by Gasteiger charge is -2.32. The van der Waals surface area contributed by atoms with Crippen LogP contribution in [0.5, 0.6) is 0 Å². The summed E-state index contributed by atoms with van der Waals surface area (Å²) in [6.45, 7) is 3.51. The molecular formula is C18H22N4O. The Bertz CT molecular complexity index is 688. The first-order valence-corrected chi connectivity index (χ1v) is 8.14. The van der Waals surface area contributed by atoms with Gasteiger partial charge in [-0.05, 0) is 37.1 Å². The van der Waals surface area contributed by atoms with Crippen molar-refractivity contribution in [2.45, 2.75) is 31.8 Å². The lowest BCUT2D eigenvalue weighted by molar-refractivity contribution is 0.197. The molecule has 2 aromatic rings. The number of aromatic nitrogens is 2. The molecule has 1 aromatic heterocycles. The predicted octanol–water partition coefficient (Wildman–Crippen LogP) is 2.13. The van der Waals surface area contributed by atoms with E-state index in [9.17, 15) is 5.26 Å². The number of nitriles is 1. The monoisotopic (exact) mass is 310 g/mol. The summed E-state index contributed by atoms with van der Waals surface area (Å²) < 4.78 is 1.80. The summed E-state index contributed by atoms with van der Waals surface area (Å²) >= 11 is 0. The molecule has 0 aliphatic carbocycles. The topological polar surface area (TPSA) is 65.1 Å². The minimum Gasteiger partial charge on any atom is -0.394 e. The van der Waals surface area contributed by atoms with Gasteiger partial charge in [-0.3, -0.25) is 9.58 Å². The predicted molar refractivity (Wildman–Crippen MR) is 87.7 cm³/mol. The third-order valence-corrected chi connectivity index (χ3v) is 4.45. The van der Waals surface area contributed by atoms with Crippen LogP contribution >= 0.6 is 0 Å². The second-order valence-corrected chi connectivity index (χ2v) is 6.07. The summed E-state index contributed by atoms with van der Waals surface area (Å²) in [4.78, 5) is 2.41. The number of aliphatic hydroxyl groups excluding tert-OH is 1. The zero-order chi connectivity index (χ0) is 16.1. The van der Waals surface area contributed by atoms with Crippen molar-refractivity contribution in [1.82, 2.24) is 14.7 Å². The maximum atomic E-state index is 9.23. The lowest BCUT2D eigenvalue weighted by atomic mass is 9.94. The third-order valence-electron chi connectivity index (χ3n) is 4.45. The zero-order valence-corrected chi connectivity index (χ0v) is 13.2. The number of likely N-dealkylation sites (tertiary alicyclic amines) is 1. The SMILES string of the molecule is N#Cc1ccccc1CN1CCC[C@H](c2ccn(CCO)n2)C1. The molecule has 0 radical (unpaired) electrons. The number of hydrogen-bond donors (Lipinski definition) is 1. The third kappa shape index (κ3) is 3.79. The molecule has 1 aromatic carbocycles. The number of hydrogen-bond acceptors (Lipinski definition) is 4. The maximum Gasteiger partial charge on any atom is 0.0995 e. The van der Waals surface area contributed by atoms with E-state index in [1.807, 2.05) is 30.5 Å². The molecule has 2 heterocycles. The van der Waals surface area contributed by atoms with Crippen molar-refractivity contribution in [1.29, 1.82) is 5.26 Å². The van der Waals surface area contributed by atoms with Gasteiger partial charge in [0.2, 0.25) is 0 Å². The second kappa shape index (κ2) is 7.40. The first-order chi connectivity index (χ1) is 11.3. The van der Waals surface area contributed by atoms with Gasteiger partial charge in [-0.25, -0.2) is 0 Å². The quantitative estimate of drug-likeness (QED) is 0.919. The fraction of sp³-hybridized carbons (Fsp3) is 0.444. The van der Waals surface area contributed by atoms with Crippen LogP contribution in [0.4, 0.5) is 0 Å². The van der Waals surface area contributed by atoms with Crippen LogP contribution in [-0.2, 0) is 13.1 Å². The van der Waals surface area contributed by atoms with E-state index in [2.05, 4.69) is 22.1 Å². The zero-order valence-electron chi connectivity index (χ0n) is 13.2. The Morgan fingerprint density at radius 3 is 3.00 bits per heavy atom. The van der Waals surface area contributed by atoms with Crippen molar-refractivity contribution < 1.29 is 5.11 Å². The van der Waals surface area contributed by atoms with E-state index < -0.39 is 0 Å². The normalized spacial score (nSPS) is 18.7. The average molecular weight is 310 g/mol. The minimum absolute atomic E-state index is 0.114. The van der Waals surface area contributed by atoms with Crippen LogP contribution in [0.1, 0.15) is 35.6 Å². The van der Waals surface area contributed by atoms with Crippen molar-refractivity contribution in [2.75, 3.05) is 19.7 Å². The summed E-state index contributed by atoms with van der Waals surface area (Å²) in [6.07, 6.45) is 4.23. The second-order valence-electron chi connectivity index (χ2n) is 6.07.